The molecule has 134 valence electrons. The Hall–Kier alpha value is -1.60. The second-order valence-corrected chi connectivity index (χ2v) is 8.35. The summed E-state index contributed by atoms with van der Waals surface area (Å²) in [6, 6.07) is 5.72. The summed E-state index contributed by atoms with van der Waals surface area (Å²) in [4.78, 5) is 12.0. The number of ether oxygens (including phenoxy) is 1. The first-order valence-electron chi connectivity index (χ1n) is 8.20. The standard InChI is InChI=1S/C17H26N2O4S/c1-13-6-7-16(11-14(13)2)23-10-8-17(20)18-15-5-4-9-19(12-15)24(3,21)22/h6-7,11,15H,4-5,8-10,12H2,1-3H3,(H,18,20). The normalized spacial score (nSPS) is 19.0. The van der Waals surface area contributed by atoms with Crippen LogP contribution in [0.3, 0.4) is 0 Å². The van der Waals surface area contributed by atoms with Crippen molar-refractivity contribution < 1.29 is 17.9 Å². The summed E-state index contributed by atoms with van der Waals surface area (Å²) in [7, 11) is -3.20. The predicted molar refractivity (Wildman–Crippen MR) is 93.6 cm³/mol. The molecular formula is C17H26N2O4S. The molecule has 7 heteroatoms. The molecule has 1 aromatic carbocycles. The van der Waals surface area contributed by atoms with E-state index in [-0.39, 0.29) is 18.4 Å². The number of rotatable bonds is 6. The van der Waals surface area contributed by atoms with Gasteiger partial charge in [-0.05, 0) is 49.9 Å². The highest BCUT2D eigenvalue weighted by Gasteiger charge is 2.26. The fourth-order valence-corrected chi connectivity index (χ4v) is 3.64. The molecule has 0 radical (unpaired) electrons. The quantitative estimate of drug-likeness (QED) is 0.842. The van der Waals surface area contributed by atoms with Gasteiger partial charge in [0.2, 0.25) is 15.9 Å². The van der Waals surface area contributed by atoms with Crippen LogP contribution in [0, 0.1) is 13.8 Å². The van der Waals surface area contributed by atoms with Gasteiger partial charge in [-0.2, -0.15) is 0 Å². The predicted octanol–water partition coefficient (Wildman–Crippen LogP) is 1.61. The van der Waals surface area contributed by atoms with Gasteiger partial charge in [0, 0.05) is 19.1 Å². The highest BCUT2D eigenvalue weighted by Crippen LogP contribution is 2.17. The van der Waals surface area contributed by atoms with Crippen molar-refractivity contribution in [2.75, 3.05) is 26.0 Å². The summed E-state index contributed by atoms with van der Waals surface area (Å²) in [5, 5.41) is 2.90. The molecule has 24 heavy (non-hydrogen) atoms. The van der Waals surface area contributed by atoms with Crippen molar-refractivity contribution in [3.05, 3.63) is 29.3 Å². The minimum Gasteiger partial charge on any atom is -0.493 e. The van der Waals surface area contributed by atoms with Crippen LogP contribution in [0.2, 0.25) is 0 Å². The van der Waals surface area contributed by atoms with E-state index in [4.69, 9.17) is 4.74 Å². The number of hydrogen-bond donors (Lipinski definition) is 1. The molecule has 1 fully saturated rings. The fourth-order valence-electron chi connectivity index (χ4n) is 2.73. The van der Waals surface area contributed by atoms with Crippen LogP contribution in [0.1, 0.15) is 30.4 Å². The molecule has 1 aromatic rings. The summed E-state index contributed by atoms with van der Waals surface area (Å²) < 4.78 is 30.2. The maximum atomic E-state index is 12.0. The Morgan fingerprint density at radius 2 is 2.08 bits per heavy atom. The van der Waals surface area contributed by atoms with E-state index in [1.165, 1.54) is 16.1 Å². The molecule has 1 atom stereocenters. The zero-order valence-corrected chi connectivity index (χ0v) is 15.4. The minimum absolute atomic E-state index is 0.112. The van der Waals surface area contributed by atoms with Gasteiger partial charge in [0.1, 0.15) is 5.75 Å². The topological polar surface area (TPSA) is 75.7 Å². The van der Waals surface area contributed by atoms with Gasteiger partial charge >= 0.3 is 0 Å². The van der Waals surface area contributed by atoms with Gasteiger partial charge in [-0.1, -0.05) is 6.07 Å². The number of sulfonamides is 1. The van der Waals surface area contributed by atoms with Gasteiger partial charge < -0.3 is 10.1 Å². The van der Waals surface area contributed by atoms with E-state index < -0.39 is 10.0 Å². The average molecular weight is 354 g/mol. The van der Waals surface area contributed by atoms with E-state index in [1.54, 1.807) is 0 Å². The first-order valence-corrected chi connectivity index (χ1v) is 10.0. The van der Waals surface area contributed by atoms with Gasteiger partial charge in [-0.15, -0.1) is 0 Å². The summed E-state index contributed by atoms with van der Waals surface area (Å²) >= 11 is 0. The number of nitrogens with zero attached hydrogens (tertiary/aromatic N) is 1. The molecule has 6 nitrogen and oxygen atoms in total. The summed E-state index contributed by atoms with van der Waals surface area (Å²) in [5.41, 5.74) is 2.35. The molecule has 0 spiro atoms. The lowest BCUT2D eigenvalue weighted by Gasteiger charge is -2.31. The van der Waals surface area contributed by atoms with Crippen LogP contribution in [0.15, 0.2) is 18.2 Å². The van der Waals surface area contributed by atoms with E-state index in [9.17, 15) is 13.2 Å². The van der Waals surface area contributed by atoms with Crippen LogP contribution in [0.5, 0.6) is 5.75 Å². The molecule has 1 N–H and O–H groups in total. The number of carbonyl (C=O) groups excluding carboxylic acids is 1. The molecule has 0 bridgehead atoms. The Bertz CT molecular complexity index is 688. The smallest absolute Gasteiger partial charge is 0.223 e. The second-order valence-electron chi connectivity index (χ2n) is 6.37. The summed E-state index contributed by atoms with van der Waals surface area (Å²) in [6.07, 6.45) is 3.02. The van der Waals surface area contributed by atoms with Crippen molar-refractivity contribution in [2.24, 2.45) is 0 Å². The number of amides is 1. The first-order chi connectivity index (χ1) is 11.3. The van der Waals surface area contributed by atoms with Gasteiger partial charge in [0.25, 0.3) is 0 Å². The van der Waals surface area contributed by atoms with Crippen molar-refractivity contribution in [3.8, 4) is 5.75 Å². The Balaban J connectivity index is 1.76. The minimum atomic E-state index is -3.20. The molecule has 0 aromatic heterocycles. The Morgan fingerprint density at radius 1 is 1.33 bits per heavy atom. The third-order valence-corrected chi connectivity index (χ3v) is 5.56. The molecule has 1 aliphatic rings. The SMILES string of the molecule is Cc1ccc(OCCC(=O)NC2CCCN(S(C)(=O)=O)C2)cc1C. The lowest BCUT2D eigenvalue weighted by molar-refractivity contribution is -0.122. The van der Waals surface area contributed by atoms with Crippen LogP contribution in [0.4, 0.5) is 0 Å². The highest BCUT2D eigenvalue weighted by molar-refractivity contribution is 7.88. The Labute approximate surface area is 144 Å². The average Bonchev–Trinajstić information content (AvgIpc) is 2.50. The van der Waals surface area contributed by atoms with Gasteiger partial charge in [-0.3, -0.25) is 4.79 Å². The van der Waals surface area contributed by atoms with Crippen LogP contribution in [0.25, 0.3) is 0 Å². The van der Waals surface area contributed by atoms with E-state index in [0.717, 1.165) is 24.2 Å². The fraction of sp³-hybridized carbons (Fsp3) is 0.588. The molecule has 0 saturated carbocycles. The van der Waals surface area contributed by atoms with Gasteiger partial charge in [-0.25, -0.2) is 12.7 Å². The second kappa shape index (κ2) is 7.98. The van der Waals surface area contributed by atoms with E-state index in [0.29, 0.717) is 19.7 Å². The van der Waals surface area contributed by atoms with Crippen LogP contribution >= 0.6 is 0 Å². The summed E-state index contributed by atoms with van der Waals surface area (Å²) in [5.74, 6) is 0.644. The van der Waals surface area contributed by atoms with Gasteiger partial charge in [0.15, 0.2) is 0 Å². The van der Waals surface area contributed by atoms with Gasteiger partial charge in [0.05, 0.1) is 19.3 Å². The molecule has 1 unspecified atom stereocenters. The number of piperidine rings is 1. The molecular weight excluding hydrogens is 328 g/mol. The molecule has 1 heterocycles. The summed E-state index contributed by atoms with van der Waals surface area (Å²) in [6.45, 7) is 5.24. The Kier molecular flexibility index (Phi) is 6.23. The number of carbonyl (C=O) groups is 1. The number of aryl methyl sites for hydroxylation is 2. The molecule has 0 aliphatic carbocycles. The zero-order valence-electron chi connectivity index (χ0n) is 14.5. The lowest BCUT2D eigenvalue weighted by atomic mass is 10.1. The molecule has 2 rings (SSSR count). The first kappa shape index (κ1) is 18.7. The van der Waals surface area contributed by atoms with Crippen molar-refractivity contribution in [2.45, 2.75) is 39.2 Å². The number of benzene rings is 1. The molecule has 1 saturated heterocycles. The van der Waals surface area contributed by atoms with Crippen LogP contribution in [-0.4, -0.2) is 50.6 Å². The Morgan fingerprint density at radius 3 is 2.75 bits per heavy atom. The lowest BCUT2D eigenvalue weighted by Crippen LogP contribution is -2.49. The zero-order chi connectivity index (χ0) is 17.7. The maximum absolute atomic E-state index is 12.0. The van der Waals surface area contributed by atoms with Crippen molar-refractivity contribution in [1.82, 2.24) is 9.62 Å². The van der Waals surface area contributed by atoms with Crippen molar-refractivity contribution in [1.29, 1.82) is 0 Å². The third-order valence-electron chi connectivity index (χ3n) is 4.29. The van der Waals surface area contributed by atoms with E-state index in [1.807, 2.05) is 32.0 Å². The third kappa shape index (κ3) is 5.49. The van der Waals surface area contributed by atoms with E-state index in [2.05, 4.69) is 5.32 Å². The van der Waals surface area contributed by atoms with Crippen molar-refractivity contribution in [3.63, 3.8) is 0 Å². The molecule has 1 aliphatic heterocycles. The van der Waals surface area contributed by atoms with Crippen LogP contribution < -0.4 is 10.1 Å². The van der Waals surface area contributed by atoms with E-state index >= 15 is 0 Å². The number of nitrogens with one attached hydrogen (secondary N) is 1. The highest BCUT2D eigenvalue weighted by atomic mass is 32.2. The largest absolute Gasteiger partial charge is 0.493 e. The number of hydrogen-bond acceptors (Lipinski definition) is 4. The van der Waals surface area contributed by atoms with Crippen molar-refractivity contribution >= 4 is 15.9 Å². The monoisotopic (exact) mass is 354 g/mol. The van der Waals surface area contributed by atoms with Crippen LogP contribution in [-0.2, 0) is 14.8 Å². The maximum Gasteiger partial charge on any atom is 0.223 e. The molecule has 1 amide bonds.